The summed E-state index contributed by atoms with van der Waals surface area (Å²) in [7, 11) is 0. The van der Waals surface area contributed by atoms with Crippen LogP contribution in [0.5, 0.6) is 0 Å². The Balaban J connectivity index is 1.34. The minimum Gasteiger partial charge on any atom is -0.352 e. The Bertz CT molecular complexity index is 1220. The molecular formula is C36H45F3O2. The van der Waals surface area contributed by atoms with Crippen LogP contribution in [0.25, 0.3) is 22.3 Å². The Morgan fingerprint density at radius 2 is 1.24 bits per heavy atom. The molecule has 1 fully saturated rings. The van der Waals surface area contributed by atoms with Gasteiger partial charge in [0.05, 0.1) is 13.2 Å². The summed E-state index contributed by atoms with van der Waals surface area (Å²) in [5.74, 6) is -2.00. The first kappa shape index (κ1) is 31.3. The summed E-state index contributed by atoms with van der Waals surface area (Å²) in [6.07, 6.45) is 12.6. The third kappa shape index (κ3) is 8.68. The van der Waals surface area contributed by atoms with Crippen LogP contribution < -0.4 is 0 Å². The fourth-order valence-electron chi connectivity index (χ4n) is 5.61. The first-order chi connectivity index (χ1) is 20.0. The van der Waals surface area contributed by atoms with Crippen LogP contribution in [0.1, 0.15) is 102 Å². The second-order valence-corrected chi connectivity index (χ2v) is 11.4. The summed E-state index contributed by atoms with van der Waals surface area (Å²) in [4.78, 5) is 0. The van der Waals surface area contributed by atoms with Crippen LogP contribution in [0.15, 0.2) is 54.6 Å². The van der Waals surface area contributed by atoms with Crippen LogP contribution in [0.2, 0.25) is 0 Å². The molecule has 222 valence electrons. The predicted octanol–water partition coefficient (Wildman–Crippen LogP) is 10.8. The molecule has 0 amide bonds. The lowest BCUT2D eigenvalue weighted by molar-refractivity contribution is -0.190. The van der Waals surface area contributed by atoms with Gasteiger partial charge in [0.1, 0.15) is 5.82 Å². The number of aryl methyl sites for hydroxylation is 1. The largest absolute Gasteiger partial charge is 0.352 e. The summed E-state index contributed by atoms with van der Waals surface area (Å²) in [5, 5.41) is 0. The molecule has 0 aliphatic carbocycles. The van der Waals surface area contributed by atoms with E-state index in [1.54, 1.807) is 30.3 Å². The first-order valence-corrected chi connectivity index (χ1v) is 15.6. The molecule has 0 N–H and O–H groups in total. The average molecular weight is 567 g/mol. The lowest BCUT2D eigenvalue weighted by Crippen LogP contribution is -2.31. The summed E-state index contributed by atoms with van der Waals surface area (Å²) in [5.41, 5.74) is 3.39. The highest BCUT2D eigenvalue weighted by atomic mass is 19.2. The highest BCUT2D eigenvalue weighted by molar-refractivity contribution is 5.71. The van der Waals surface area contributed by atoms with Crippen molar-refractivity contribution in [1.82, 2.24) is 0 Å². The molecule has 1 saturated heterocycles. The summed E-state index contributed by atoms with van der Waals surface area (Å²) in [6, 6.07) is 15.7. The van der Waals surface area contributed by atoms with E-state index in [-0.39, 0.29) is 23.6 Å². The lowest BCUT2D eigenvalue weighted by atomic mass is 9.94. The molecule has 0 bridgehead atoms. The van der Waals surface area contributed by atoms with E-state index in [0.717, 1.165) is 49.7 Å². The van der Waals surface area contributed by atoms with E-state index in [4.69, 9.17) is 9.47 Å². The molecule has 0 spiro atoms. The monoisotopic (exact) mass is 566 g/mol. The third-order valence-corrected chi connectivity index (χ3v) is 8.19. The van der Waals surface area contributed by atoms with Crippen LogP contribution in [0, 0.1) is 17.5 Å². The number of hydrogen-bond donors (Lipinski definition) is 0. The minimum absolute atomic E-state index is 0.139. The van der Waals surface area contributed by atoms with Gasteiger partial charge in [-0.05, 0) is 59.6 Å². The zero-order chi connectivity index (χ0) is 29.0. The fourth-order valence-corrected chi connectivity index (χ4v) is 5.61. The molecule has 3 aromatic carbocycles. The van der Waals surface area contributed by atoms with Crippen molar-refractivity contribution in [2.24, 2.45) is 0 Å². The van der Waals surface area contributed by atoms with Crippen LogP contribution >= 0.6 is 0 Å². The highest BCUT2D eigenvalue weighted by Crippen LogP contribution is 2.32. The molecule has 1 aliphatic heterocycles. The smallest absolute Gasteiger partial charge is 0.166 e. The Hall–Kier alpha value is -2.63. The van der Waals surface area contributed by atoms with E-state index in [9.17, 15) is 8.78 Å². The van der Waals surface area contributed by atoms with Crippen molar-refractivity contribution in [2.45, 2.75) is 103 Å². The van der Waals surface area contributed by atoms with Crippen molar-refractivity contribution >= 4 is 0 Å². The maximum absolute atomic E-state index is 15.2. The Kier molecular flexibility index (Phi) is 12.3. The molecule has 0 saturated carbocycles. The first-order valence-electron chi connectivity index (χ1n) is 15.6. The lowest BCUT2D eigenvalue weighted by Gasteiger charge is -2.30. The van der Waals surface area contributed by atoms with Gasteiger partial charge in [0.2, 0.25) is 0 Å². The van der Waals surface area contributed by atoms with Crippen molar-refractivity contribution in [2.75, 3.05) is 13.2 Å². The van der Waals surface area contributed by atoms with Gasteiger partial charge in [0, 0.05) is 11.5 Å². The van der Waals surface area contributed by atoms with Crippen molar-refractivity contribution in [3.05, 3.63) is 83.2 Å². The van der Waals surface area contributed by atoms with Gasteiger partial charge in [-0.25, -0.2) is 13.2 Å². The van der Waals surface area contributed by atoms with Crippen LogP contribution in [-0.4, -0.2) is 19.5 Å². The van der Waals surface area contributed by atoms with Gasteiger partial charge in [0.15, 0.2) is 17.9 Å². The molecule has 0 aromatic heterocycles. The standard InChI is InChI=1S/C36H45F3O2/c1-3-5-7-9-11-13-28-19-22-32(36(39)35(28)38)27-17-15-26(16-18-27)29-20-21-31(33(37)23-29)30-24-40-34(41-25-30)14-12-10-8-6-4-2/h15-23,30,34H,3-14,24-25H2,1-2H3. The zero-order valence-corrected chi connectivity index (χ0v) is 24.7. The third-order valence-electron chi connectivity index (χ3n) is 8.19. The molecule has 2 nitrogen and oxygen atoms in total. The van der Waals surface area contributed by atoms with Gasteiger partial charge in [-0.15, -0.1) is 0 Å². The number of halogens is 3. The number of benzene rings is 3. The van der Waals surface area contributed by atoms with Gasteiger partial charge in [-0.3, -0.25) is 0 Å². The SMILES string of the molecule is CCCCCCCc1ccc(-c2ccc(-c3ccc(C4COC(CCCCCCC)OC4)c(F)c3)cc2)c(F)c1F. The van der Waals surface area contributed by atoms with E-state index in [1.165, 1.54) is 38.2 Å². The number of hydrogen-bond acceptors (Lipinski definition) is 2. The summed E-state index contributed by atoms with van der Waals surface area (Å²) >= 11 is 0. The Morgan fingerprint density at radius 3 is 1.90 bits per heavy atom. The average Bonchev–Trinajstić information content (AvgIpc) is 2.99. The molecule has 3 aromatic rings. The van der Waals surface area contributed by atoms with Crippen molar-refractivity contribution < 1.29 is 22.6 Å². The molecular weight excluding hydrogens is 521 g/mol. The fraction of sp³-hybridized carbons (Fsp3) is 0.500. The van der Waals surface area contributed by atoms with Gasteiger partial charge < -0.3 is 9.47 Å². The quantitative estimate of drug-likeness (QED) is 0.170. The van der Waals surface area contributed by atoms with Gasteiger partial charge in [-0.2, -0.15) is 0 Å². The number of ether oxygens (including phenoxy) is 2. The predicted molar refractivity (Wildman–Crippen MR) is 161 cm³/mol. The van der Waals surface area contributed by atoms with E-state index >= 15 is 4.39 Å². The van der Waals surface area contributed by atoms with Gasteiger partial charge in [0.25, 0.3) is 0 Å². The maximum atomic E-state index is 15.2. The second-order valence-electron chi connectivity index (χ2n) is 11.4. The molecule has 0 unspecified atom stereocenters. The number of rotatable bonds is 15. The molecule has 1 heterocycles. The zero-order valence-electron chi connectivity index (χ0n) is 24.7. The van der Waals surface area contributed by atoms with Crippen LogP contribution in [0.3, 0.4) is 0 Å². The molecule has 41 heavy (non-hydrogen) atoms. The van der Waals surface area contributed by atoms with Crippen molar-refractivity contribution in [3.8, 4) is 22.3 Å². The molecule has 1 aliphatic rings. The normalized spacial score (nSPS) is 17.2. The van der Waals surface area contributed by atoms with E-state index in [2.05, 4.69) is 13.8 Å². The molecule has 0 atom stereocenters. The highest BCUT2D eigenvalue weighted by Gasteiger charge is 2.25. The van der Waals surface area contributed by atoms with Gasteiger partial charge in [-0.1, -0.05) is 114 Å². The van der Waals surface area contributed by atoms with E-state index < -0.39 is 11.6 Å². The maximum Gasteiger partial charge on any atom is 0.166 e. The Labute approximate surface area is 244 Å². The topological polar surface area (TPSA) is 18.5 Å². The minimum atomic E-state index is -0.810. The molecule has 0 radical (unpaired) electrons. The summed E-state index contributed by atoms with van der Waals surface area (Å²) in [6.45, 7) is 5.26. The van der Waals surface area contributed by atoms with Gasteiger partial charge >= 0.3 is 0 Å². The van der Waals surface area contributed by atoms with Crippen LogP contribution in [-0.2, 0) is 15.9 Å². The van der Waals surface area contributed by atoms with Crippen molar-refractivity contribution in [1.29, 1.82) is 0 Å². The number of unbranched alkanes of at least 4 members (excludes halogenated alkanes) is 8. The molecule has 5 heteroatoms. The van der Waals surface area contributed by atoms with E-state index in [0.29, 0.717) is 36.3 Å². The van der Waals surface area contributed by atoms with Crippen molar-refractivity contribution in [3.63, 3.8) is 0 Å². The Morgan fingerprint density at radius 1 is 0.634 bits per heavy atom. The summed E-state index contributed by atoms with van der Waals surface area (Å²) < 4.78 is 56.7. The van der Waals surface area contributed by atoms with E-state index in [1.807, 2.05) is 18.2 Å². The molecule has 4 rings (SSSR count). The second kappa shape index (κ2) is 16.1. The van der Waals surface area contributed by atoms with Crippen LogP contribution in [0.4, 0.5) is 13.2 Å².